The molecule has 1 fully saturated rings. The van der Waals surface area contributed by atoms with Crippen LogP contribution in [0, 0.1) is 11.8 Å². The van der Waals surface area contributed by atoms with Gasteiger partial charge in [0.05, 0.1) is 7.11 Å². The van der Waals surface area contributed by atoms with E-state index in [0.29, 0.717) is 24.4 Å². The molecule has 2 nitrogen and oxygen atoms in total. The Balaban J connectivity index is 2.06. The molecule has 1 aromatic carbocycles. The average molecular weight is 220 g/mol. The van der Waals surface area contributed by atoms with Gasteiger partial charge in [0.25, 0.3) is 0 Å². The molecule has 1 N–H and O–H groups in total. The van der Waals surface area contributed by atoms with E-state index in [9.17, 15) is 5.11 Å². The van der Waals surface area contributed by atoms with Crippen LogP contribution in [0.4, 0.5) is 0 Å². The Morgan fingerprint density at radius 1 is 1.19 bits per heavy atom. The van der Waals surface area contributed by atoms with Crippen LogP contribution in [0.2, 0.25) is 0 Å². The highest BCUT2D eigenvalue weighted by Gasteiger charge is 2.49. The highest BCUT2D eigenvalue weighted by Crippen LogP contribution is 2.56. The number of aliphatic hydroxyl groups is 1. The van der Waals surface area contributed by atoms with Crippen molar-refractivity contribution in [3.63, 3.8) is 0 Å². The van der Waals surface area contributed by atoms with Crippen LogP contribution >= 0.6 is 0 Å². The number of methoxy groups -OCH3 is 1. The van der Waals surface area contributed by atoms with Gasteiger partial charge in [0, 0.05) is 6.61 Å². The zero-order chi connectivity index (χ0) is 11.5. The molecule has 0 bridgehead atoms. The number of aliphatic hydroxyl groups excluding tert-OH is 1. The molecular formula is C14H20O2. The molecule has 0 spiro atoms. The summed E-state index contributed by atoms with van der Waals surface area (Å²) in [5.41, 5.74) is 1.35. The lowest BCUT2D eigenvalue weighted by Crippen LogP contribution is -1.89. The molecule has 0 aliphatic heterocycles. The molecule has 1 saturated carbocycles. The van der Waals surface area contributed by atoms with Gasteiger partial charge in [-0.2, -0.15) is 0 Å². The van der Waals surface area contributed by atoms with Crippen molar-refractivity contribution in [2.75, 3.05) is 13.7 Å². The Morgan fingerprint density at radius 3 is 2.38 bits per heavy atom. The van der Waals surface area contributed by atoms with Crippen LogP contribution in [0.5, 0.6) is 5.75 Å². The quantitative estimate of drug-likeness (QED) is 0.826. The smallest absolute Gasteiger partial charge is 0.118 e. The number of hydrogen-bond donors (Lipinski definition) is 1. The zero-order valence-corrected chi connectivity index (χ0v) is 10.0. The Labute approximate surface area is 97.3 Å². The monoisotopic (exact) mass is 220 g/mol. The predicted molar refractivity (Wildman–Crippen MR) is 64.7 cm³/mol. The summed E-state index contributed by atoms with van der Waals surface area (Å²) >= 11 is 0. The minimum atomic E-state index is 0.321. The summed E-state index contributed by atoms with van der Waals surface area (Å²) in [6.07, 6.45) is 2.43. The standard InChI is InChI=1S/C14H20O2/c1-3-4-12-13(9-15)14(12)10-5-7-11(16-2)8-6-10/h5-8,12-15H,3-4,9H2,1-2H3/t12-,13-,14+/m1/s1. The maximum absolute atomic E-state index is 9.31. The van der Waals surface area contributed by atoms with E-state index < -0.39 is 0 Å². The van der Waals surface area contributed by atoms with E-state index >= 15 is 0 Å². The van der Waals surface area contributed by atoms with Gasteiger partial charge in [-0.1, -0.05) is 25.5 Å². The van der Waals surface area contributed by atoms with Crippen LogP contribution in [-0.4, -0.2) is 18.8 Å². The lowest BCUT2D eigenvalue weighted by molar-refractivity contribution is 0.265. The fourth-order valence-electron chi connectivity index (χ4n) is 2.74. The highest BCUT2D eigenvalue weighted by molar-refractivity contribution is 5.33. The van der Waals surface area contributed by atoms with Crippen LogP contribution in [-0.2, 0) is 0 Å². The van der Waals surface area contributed by atoms with Crippen molar-refractivity contribution in [2.45, 2.75) is 25.7 Å². The molecule has 0 unspecified atom stereocenters. The minimum Gasteiger partial charge on any atom is -0.497 e. The van der Waals surface area contributed by atoms with Gasteiger partial charge >= 0.3 is 0 Å². The predicted octanol–water partition coefficient (Wildman–Crippen LogP) is 2.82. The second kappa shape index (κ2) is 4.88. The lowest BCUT2D eigenvalue weighted by Gasteiger charge is -2.02. The molecule has 3 atom stereocenters. The summed E-state index contributed by atoms with van der Waals surface area (Å²) < 4.78 is 5.15. The molecule has 0 aromatic heterocycles. The number of rotatable bonds is 5. The van der Waals surface area contributed by atoms with Gasteiger partial charge in [-0.15, -0.1) is 0 Å². The van der Waals surface area contributed by atoms with E-state index in [0.717, 1.165) is 5.75 Å². The first-order chi connectivity index (χ1) is 7.81. The Bertz CT molecular complexity index is 331. The van der Waals surface area contributed by atoms with Crippen molar-refractivity contribution < 1.29 is 9.84 Å². The molecule has 0 amide bonds. The van der Waals surface area contributed by atoms with Crippen molar-refractivity contribution in [3.8, 4) is 5.75 Å². The highest BCUT2D eigenvalue weighted by atomic mass is 16.5. The van der Waals surface area contributed by atoms with Gasteiger partial charge < -0.3 is 9.84 Å². The third-order valence-electron chi connectivity index (χ3n) is 3.67. The van der Waals surface area contributed by atoms with E-state index in [4.69, 9.17) is 4.74 Å². The molecule has 2 heteroatoms. The second-order valence-corrected chi connectivity index (χ2v) is 4.60. The SMILES string of the molecule is CCC[C@@H]1[C@@H](CO)[C@H]1c1ccc(OC)cc1. The van der Waals surface area contributed by atoms with Crippen molar-refractivity contribution in [2.24, 2.45) is 11.8 Å². The Kier molecular flexibility index (Phi) is 3.49. The van der Waals surface area contributed by atoms with Gasteiger partial charge in [-0.25, -0.2) is 0 Å². The van der Waals surface area contributed by atoms with E-state index in [2.05, 4.69) is 19.1 Å². The third kappa shape index (κ3) is 2.07. The van der Waals surface area contributed by atoms with Gasteiger partial charge in [0.2, 0.25) is 0 Å². The van der Waals surface area contributed by atoms with Gasteiger partial charge in [-0.3, -0.25) is 0 Å². The molecule has 0 radical (unpaired) electrons. The van der Waals surface area contributed by atoms with Crippen LogP contribution in [0.25, 0.3) is 0 Å². The first kappa shape index (κ1) is 11.5. The van der Waals surface area contributed by atoms with E-state index in [-0.39, 0.29) is 0 Å². The normalized spacial score (nSPS) is 27.8. The van der Waals surface area contributed by atoms with Crippen LogP contribution in [0.15, 0.2) is 24.3 Å². The molecule has 1 aliphatic rings. The summed E-state index contributed by atoms with van der Waals surface area (Å²) in [6, 6.07) is 8.26. The fraction of sp³-hybridized carbons (Fsp3) is 0.571. The fourth-order valence-corrected chi connectivity index (χ4v) is 2.74. The number of hydrogen-bond acceptors (Lipinski definition) is 2. The number of benzene rings is 1. The molecule has 0 saturated heterocycles. The average Bonchev–Trinajstić information content (AvgIpc) is 3.03. The topological polar surface area (TPSA) is 29.5 Å². The van der Waals surface area contributed by atoms with Crippen LogP contribution in [0.1, 0.15) is 31.2 Å². The third-order valence-corrected chi connectivity index (χ3v) is 3.67. The minimum absolute atomic E-state index is 0.321. The largest absolute Gasteiger partial charge is 0.497 e. The summed E-state index contributed by atoms with van der Waals surface area (Å²) in [6.45, 7) is 2.53. The lowest BCUT2D eigenvalue weighted by atomic mass is 10.1. The molecule has 2 rings (SSSR count). The second-order valence-electron chi connectivity index (χ2n) is 4.60. The zero-order valence-electron chi connectivity index (χ0n) is 10.0. The molecule has 16 heavy (non-hydrogen) atoms. The van der Waals surface area contributed by atoms with Gasteiger partial charge in [0.1, 0.15) is 5.75 Å². The van der Waals surface area contributed by atoms with Crippen LogP contribution in [0.3, 0.4) is 0 Å². The van der Waals surface area contributed by atoms with Crippen molar-refractivity contribution >= 4 is 0 Å². The van der Waals surface area contributed by atoms with E-state index in [1.807, 2.05) is 12.1 Å². The van der Waals surface area contributed by atoms with Crippen molar-refractivity contribution in [1.29, 1.82) is 0 Å². The Morgan fingerprint density at radius 2 is 1.88 bits per heavy atom. The summed E-state index contributed by atoms with van der Waals surface area (Å²) in [5, 5.41) is 9.31. The maximum Gasteiger partial charge on any atom is 0.118 e. The first-order valence-electron chi connectivity index (χ1n) is 6.06. The van der Waals surface area contributed by atoms with Crippen molar-refractivity contribution in [3.05, 3.63) is 29.8 Å². The van der Waals surface area contributed by atoms with E-state index in [1.165, 1.54) is 18.4 Å². The Hall–Kier alpha value is -1.02. The van der Waals surface area contributed by atoms with Crippen molar-refractivity contribution in [1.82, 2.24) is 0 Å². The first-order valence-corrected chi connectivity index (χ1v) is 6.06. The van der Waals surface area contributed by atoms with Gasteiger partial charge in [-0.05, 0) is 41.9 Å². The summed E-state index contributed by atoms with van der Waals surface area (Å²) in [5.74, 6) is 2.63. The summed E-state index contributed by atoms with van der Waals surface area (Å²) in [7, 11) is 1.68. The summed E-state index contributed by atoms with van der Waals surface area (Å²) in [4.78, 5) is 0. The maximum atomic E-state index is 9.31. The van der Waals surface area contributed by atoms with Gasteiger partial charge in [0.15, 0.2) is 0 Å². The van der Waals surface area contributed by atoms with E-state index in [1.54, 1.807) is 7.11 Å². The molecule has 88 valence electrons. The van der Waals surface area contributed by atoms with Crippen LogP contribution < -0.4 is 4.74 Å². The molecule has 1 aromatic rings. The molecular weight excluding hydrogens is 200 g/mol. The number of ether oxygens (including phenoxy) is 1. The molecule has 1 aliphatic carbocycles. The molecule has 0 heterocycles.